The van der Waals surface area contributed by atoms with Crippen LogP contribution in [0.1, 0.15) is 18.4 Å². The second-order valence-corrected chi connectivity index (χ2v) is 7.62. The van der Waals surface area contributed by atoms with Crippen LogP contribution in [0.25, 0.3) is 6.08 Å². The minimum absolute atomic E-state index is 0.109. The Morgan fingerprint density at radius 2 is 2.11 bits per heavy atom. The third kappa shape index (κ3) is 3.69. The third-order valence-corrected chi connectivity index (χ3v) is 5.82. The lowest BCUT2D eigenvalue weighted by Crippen LogP contribution is -2.49. The summed E-state index contributed by atoms with van der Waals surface area (Å²) in [6, 6.07) is 6.26. The molecule has 0 saturated carbocycles. The molecule has 6 heteroatoms. The van der Waals surface area contributed by atoms with E-state index in [1.165, 1.54) is 5.57 Å². The van der Waals surface area contributed by atoms with Crippen LogP contribution in [-0.4, -0.2) is 75.4 Å². The van der Waals surface area contributed by atoms with Crippen molar-refractivity contribution < 1.29 is 19.0 Å². The SMILES string of the molecule is COCCN1C(=O)[C@H]2CC[C@@H]1CN(CC1=Cc3cccc(OC)c3OC1)C2. The Kier molecular flexibility index (Phi) is 5.36. The quantitative estimate of drug-likeness (QED) is 0.765. The normalized spacial score (nSPS) is 24.9. The number of fused-ring (bicyclic) bond motifs is 5. The lowest BCUT2D eigenvalue weighted by molar-refractivity contribution is -0.140. The summed E-state index contributed by atoms with van der Waals surface area (Å²) in [5, 5.41) is 0. The molecule has 5 rings (SSSR count). The number of nitrogens with zero attached hydrogens (tertiary/aromatic N) is 2. The molecule has 1 aromatic carbocycles. The van der Waals surface area contributed by atoms with Gasteiger partial charge < -0.3 is 19.1 Å². The Bertz CT molecular complexity index is 733. The van der Waals surface area contributed by atoms with Crippen LogP contribution >= 0.6 is 0 Å². The Balaban J connectivity index is 1.47. The Morgan fingerprint density at radius 3 is 2.93 bits per heavy atom. The highest BCUT2D eigenvalue weighted by Gasteiger charge is 2.40. The van der Waals surface area contributed by atoms with E-state index in [1.54, 1.807) is 14.2 Å². The van der Waals surface area contributed by atoms with Gasteiger partial charge in [0.05, 0.1) is 19.6 Å². The second kappa shape index (κ2) is 7.90. The molecule has 6 nitrogen and oxygen atoms in total. The van der Waals surface area contributed by atoms with Crippen molar-refractivity contribution in [2.75, 3.05) is 53.6 Å². The summed E-state index contributed by atoms with van der Waals surface area (Å²) in [5.41, 5.74) is 2.30. The van der Waals surface area contributed by atoms with Gasteiger partial charge in [-0.1, -0.05) is 12.1 Å². The van der Waals surface area contributed by atoms with Crippen molar-refractivity contribution in [3.05, 3.63) is 29.3 Å². The number of methoxy groups -OCH3 is 2. The number of carbonyl (C=O) groups is 1. The predicted octanol–water partition coefficient (Wildman–Crippen LogP) is 2.04. The zero-order valence-electron chi connectivity index (χ0n) is 16.1. The summed E-state index contributed by atoms with van der Waals surface area (Å²) >= 11 is 0. The molecule has 0 N–H and O–H groups in total. The first-order valence-corrected chi connectivity index (χ1v) is 9.70. The van der Waals surface area contributed by atoms with E-state index in [-0.39, 0.29) is 5.92 Å². The van der Waals surface area contributed by atoms with Crippen LogP contribution in [0.4, 0.5) is 0 Å². The molecular formula is C21H28N2O4. The summed E-state index contributed by atoms with van der Waals surface area (Å²) in [7, 11) is 3.35. The van der Waals surface area contributed by atoms with Gasteiger partial charge in [-0.3, -0.25) is 9.69 Å². The van der Waals surface area contributed by atoms with Gasteiger partial charge in [-0.25, -0.2) is 0 Å². The minimum atomic E-state index is 0.109. The highest BCUT2D eigenvalue weighted by Crippen LogP contribution is 2.36. The fourth-order valence-electron chi connectivity index (χ4n) is 4.51. The number of benzene rings is 1. The number of hydrogen-bond acceptors (Lipinski definition) is 5. The van der Waals surface area contributed by atoms with Crippen molar-refractivity contribution >= 4 is 12.0 Å². The van der Waals surface area contributed by atoms with E-state index < -0.39 is 0 Å². The molecule has 1 aromatic rings. The van der Waals surface area contributed by atoms with E-state index in [4.69, 9.17) is 14.2 Å². The largest absolute Gasteiger partial charge is 0.493 e. The van der Waals surface area contributed by atoms with E-state index in [9.17, 15) is 4.79 Å². The van der Waals surface area contributed by atoms with E-state index in [2.05, 4.69) is 17.0 Å². The van der Waals surface area contributed by atoms with Crippen molar-refractivity contribution in [3.63, 3.8) is 0 Å². The molecule has 0 unspecified atom stereocenters. The molecule has 2 atom stereocenters. The Morgan fingerprint density at radius 1 is 1.22 bits per heavy atom. The molecule has 0 aliphatic carbocycles. The van der Waals surface area contributed by atoms with Gasteiger partial charge in [-0.05, 0) is 30.6 Å². The molecule has 0 radical (unpaired) electrons. The molecule has 4 aliphatic rings. The van der Waals surface area contributed by atoms with Crippen LogP contribution in [-0.2, 0) is 9.53 Å². The fourth-order valence-corrected chi connectivity index (χ4v) is 4.51. The topological polar surface area (TPSA) is 51.2 Å². The smallest absolute Gasteiger partial charge is 0.227 e. The van der Waals surface area contributed by atoms with Gasteiger partial charge in [-0.15, -0.1) is 0 Å². The number of para-hydroxylation sites is 1. The first-order valence-electron chi connectivity index (χ1n) is 9.70. The second-order valence-electron chi connectivity index (χ2n) is 7.62. The Hall–Kier alpha value is -2.05. The average molecular weight is 372 g/mol. The number of hydrogen-bond donors (Lipinski definition) is 0. The van der Waals surface area contributed by atoms with Gasteiger partial charge in [0.2, 0.25) is 5.91 Å². The maximum atomic E-state index is 12.8. The van der Waals surface area contributed by atoms with Crippen molar-refractivity contribution in [2.45, 2.75) is 18.9 Å². The number of carbonyl (C=O) groups excluding carboxylic acids is 1. The minimum Gasteiger partial charge on any atom is -0.493 e. The molecule has 3 fully saturated rings. The van der Waals surface area contributed by atoms with Crippen molar-refractivity contribution in [2.24, 2.45) is 5.92 Å². The molecule has 146 valence electrons. The van der Waals surface area contributed by atoms with Crippen LogP contribution in [0.2, 0.25) is 0 Å². The van der Waals surface area contributed by atoms with E-state index >= 15 is 0 Å². The zero-order valence-corrected chi connectivity index (χ0v) is 16.1. The van der Waals surface area contributed by atoms with Crippen LogP contribution < -0.4 is 9.47 Å². The predicted molar refractivity (Wildman–Crippen MR) is 103 cm³/mol. The van der Waals surface area contributed by atoms with Gasteiger partial charge in [0.15, 0.2) is 11.5 Å². The number of ether oxygens (including phenoxy) is 3. The van der Waals surface area contributed by atoms with Gasteiger partial charge in [0, 0.05) is 44.9 Å². The van der Waals surface area contributed by atoms with Gasteiger partial charge in [0.25, 0.3) is 0 Å². The number of piperidine rings is 1. The van der Waals surface area contributed by atoms with Gasteiger partial charge >= 0.3 is 0 Å². The molecule has 2 bridgehead atoms. The maximum absolute atomic E-state index is 12.8. The Labute approximate surface area is 160 Å². The van der Waals surface area contributed by atoms with Crippen LogP contribution in [0.5, 0.6) is 11.5 Å². The van der Waals surface area contributed by atoms with E-state index in [1.807, 2.05) is 17.0 Å². The van der Waals surface area contributed by atoms with Crippen LogP contribution in [0, 0.1) is 5.92 Å². The molecule has 27 heavy (non-hydrogen) atoms. The third-order valence-electron chi connectivity index (χ3n) is 5.82. The fraction of sp³-hybridized carbons (Fsp3) is 0.571. The van der Waals surface area contributed by atoms with Crippen molar-refractivity contribution in [1.82, 2.24) is 9.80 Å². The van der Waals surface area contributed by atoms with E-state index in [0.29, 0.717) is 31.7 Å². The number of amides is 1. The lowest BCUT2D eigenvalue weighted by atomic mass is 9.94. The molecule has 3 saturated heterocycles. The summed E-state index contributed by atoms with van der Waals surface area (Å²) in [5.74, 6) is 2.00. The van der Waals surface area contributed by atoms with Crippen molar-refractivity contribution in [1.29, 1.82) is 0 Å². The summed E-state index contributed by atoms with van der Waals surface area (Å²) < 4.78 is 16.6. The van der Waals surface area contributed by atoms with Gasteiger partial charge in [-0.2, -0.15) is 0 Å². The van der Waals surface area contributed by atoms with Crippen molar-refractivity contribution in [3.8, 4) is 11.5 Å². The summed E-state index contributed by atoms with van der Waals surface area (Å²) in [6.07, 6.45) is 4.30. The molecule has 0 aromatic heterocycles. The highest BCUT2D eigenvalue weighted by atomic mass is 16.5. The van der Waals surface area contributed by atoms with E-state index in [0.717, 1.165) is 49.5 Å². The monoisotopic (exact) mass is 372 g/mol. The summed E-state index contributed by atoms with van der Waals surface area (Å²) in [4.78, 5) is 17.2. The zero-order chi connectivity index (χ0) is 18.8. The molecule has 1 amide bonds. The van der Waals surface area contributed by atoms with Gasteiger partial charge in [0.1, 0.15) is 6.61 Å². The number of rotatable bonds is 6. The first-order chi connectivity index (χ1) is 13.2. The molecule has 4 aliphatic heterocycles. The standard InChI is InChI=1S/C21H28N2O4/c1-25-9-8-23-18-7-6-17(21(23)24)12-22(13-18)11-15-10-16-4-3-5-19(26-2)20(16)27-14-15/h3-5,10,17-18H,6-9,11-14H2,1-2H3/t17-,18+/m0/s1. The molecular weight excluding hydrogens is 344 g/mol. The first kappa shape index (κ1) is 18.3. The lowest BCUT2D eigenvalue weighted by Gasteiger charge is -2.36. The van der Waals surface area contributed by atoms with Crippen LogP contribution in [0.3, 0.4) is 0 Å². The molecule has 0 spiro atoms. The van der Waals surface area contributed by atoms with Crippen LogP contribution in [0.15, 0.2) is 23.8 Å². The summed E-state index contributed by atoms with van der Waals surface area (Å²) in [6.45, 7) is 4.47. The highest BCUT2D eigenvalue weighted by molar-refractivity contribution is 5.80. The maximum Gasteiger partial charge on any atom is 0.227 e. The molecule has 4 heterocycles. The average Bonchev–Trinajstić information content (AvgIpc) is 2.96.